The topological polar surface area (TPSA) is 61.4 Å². The Hall–Kier alpha value is -2.80. The van der Waals surface area contributed by atoms with E-state index in [1.165, 1.54) is 7.05 Å². The van der Waals surface area contributed by atoms with Gasteiger partial charge in [0.2, 0.25) is 5.91 Å². The molecule has 0 bridgehead atoms. The van der Waals surface area contributed by atoms with E-state index >= 15 is 0 Å². The van der Waals surface area contributed by atoms with E-state index in [0.717, 1.165) is 30.5 Å². The van der Waals surface area contributed by atoms with Gasteiger partial charge in [-0.05, 0) is 56.6 Å². The van der Waals surface area contributed by atoms with Crippen molar-refractivity contribution >= 4 is 11.8 Å². The van der Waals surface area contributed by atoms with E-state index in [0.29, 0.717) is 13.0 Å². The van der Waals surface area contributed by atoms with E-state index in [1.807, 2.05) is 56.3 Å². The molecule has 2 atom stereocenters. The Morgan fingerprint density at radius 3 is 2.31 bits per heavy atom. The Morgan fingerprint density at radius 2 is 1.72 bits per heavy atom. The zero-order chi connectivity index (χ0) is 23.7. The molecule has 174 valence electrons. The van der Waals surface area contributed by atoms with Crippen LogP contribution < -0.4 is 10.6 Å². The second-order valence-corrected chi connectivity index (χ2v) is 8.24. The largest absolute Gasteiger partial charge is 0.355 e. The van der Waals surface area contributed by atoms with Crippen LogP contribution in [0.2, 0.25) is 0 Å². The number of benzene rings is 2. The van der Waals surface area contributed by atoms with E-state index in [4.69, 9.17) is 0 Å². The van der Waals surface area contributed by atoms with Crippen LogP contribution in [0.4, 0.5) is 8.78 Å². The van der Waals surface area contributed by atoms with Crippen LogP contribution in [0.15, 0.2) is 42.5 Å². The number of nitrogens with zero attached hydrogens (tertiary/aromatic N) is 1. The number of hydrogen-bond acceptors (Lipinski definition) is 3. The van der Waals surface area contributed by atoms with Crippen LogP contribution in [0.1, 0.15) is 41.3 Å². The first-order valence-electron chi connectivity index (χ1n) is 10.9. The minimum absolute atomic E-state index is 0.0378. The van der Waals surface area contributed by atoms with Gasteiger partial charge in [-0.2, -0.15) is 0 Å². The molecule has 0 saturated heterocycles. The lowest BCUT2D eigenvalue weighted by molar-refractivity contribution is -0.125. The van der Waals surface area contributed by atoms with E-state index in [1.54, 1.807) is 0 Å². The van der Waals surface area contributed by atoms with Gasteiger partial charge in [0.05, 0.1) is 5.56 Å². The summed E-state index contributed by atoms with van der Waals surface area (Å²) in [5.41, 5.74) is 0.947. The molecule has 2 aromatic carbocycles. The molecule has 1 unspecified atom stereocenters. The first-order chi connectivity index (χ1) is 15.3. The maximum absolute atomic E-state index is 14.6. The van der Waals surface area contributed by atoms with Crippen LogP contribution in [-0.4, -0.2) is 50.4 Å². The third-order valence-electron chi connectivity index (χ3n) is 5.64. The summed E-state index contributed by atoms with van der Waals surface area (Å²) in [5.74, 6) is -2.27. The summed E-state index contributed by atoms with van der Waals surface area (Å²) >= 11 is 0. The smallest absolute Gasteiger partial charge is 0.254 e. The van der Waals surface area contributed by atoms with Gasteiger partial charge in [0.25, 0.3) is 5.91 Å². The lowest BCUT2D eigenvalue weighted by atomic mass is 9.94. The fourth-order valence-corrected chi connectivity index (χ4v) is 3.68. The quantitative estimate of drug-likeness (QED) is 0.556. The number of nitrogens with one attached hydrogen (secondary N) is 2. The predicted octanol–water partition coefficient (Wildman–Crippen LogP) is 3.57. The summed E-state index contributed by atoms with van der Waals surface area (Å²) in [6.45, 7) is 2.35. The van der Waals surface area contributed by atoms with E-state index in [9.17, 15) is 18.4 Å². The predicted molar refractivity (Wildman–Crippen MR) is 122 cm³/mol. The monoisotopic (exact) mass is 445 g/mol. The highest BCUT2D eigenvalue weighted by Crippen LogP contribution is 2.18. The molecule has 2 aromatic rings. The van der Waals surface area contributed by atoms with E-state index in [-0.39, 0.29) is 35.4 Å². The average Bonchev–Trinajstić information content (AvgIpc) is 2.78. The van der Waals surface area contributed by atoms with Gasteiger partial charge in [-0.1, -0.05) is 43.7 Å². The van der Waals surface area contributed by atoms with Crippen LogP contribution in [0.25, 0.3) is 0 Å². The van der Waals surface area contributed by atoms with Crippen molar-refractivity contribution in [2.75, 3.05) is 27.7 Å². The molecule has 0 spiro atoms. The highest BCUT2D eigenvalue weighted by atomic mass is 19.1. The molecule has 0 aliphatic carbocycles. The Bertz CT molecular complexity index is 904. The second-order valence-electron chi connectivity index (χ2n) is 8.24. The minimum atomic E-state index is -0.770. The number of carbonyl (C=O) groups is 2. The Morgan fingerprint density at radius 1 is 1.03 bits per heavy atom. The highest BCUT2D eigenvalue weighted by Gasteiger charge is 2.22. The van der Waals surface area contributed by atoms with Gasteiger partial charge in [-0.3, -0.25) is 9.59 Å². The summed E-state index contributed by atoms with van der Waals surface area (Å²) < 4.78 is 28.9. The van der Waals surface area contributed by atoms with E-state index < -0.39 is 17.5 Å². The third-order valence-corrected chi connectivity index (χ3v) is 5.64. The highest BCUT2D eigenvalue weighted by molar-refractivity contribution is 5.94. The standard InChI is InChI=1S/C25H33F2N3O2/c1-5-9-18(12-17-10-7-6-8-11-17)24(31)29-16-20(30(3)4)13-19-14-23(27)21(15-22(19)26)25(32)28-2/h6-8,10-11,14-15,18,20H,5,9,12-13,16H2,1-4H3,(H,28,32)(H,29,31)/t18?,20-/m0/s1. The molecule has 5 nitrogen and oxygen atoms in total. The lowest BCUT2D eigenvalue weighted by Crippen LogP contribution is -2.44. The Labute approximate surface area is 189 Å². The molecule has 0 aliphatic heterocycles. The molecule has 0 aliphatic rings. The molecule has 2 amide bonds. The normalized spacial score (nSPS) is 13.0. The van der Waals surface area contributed by atoms with Gasteiger partial charge < -0.3 is 15.5 Å². The van der Waals surface area contributed by atoms with Gasteiger partial charge >= 0.3 is 0 Å². The van der Waals surface area contributed by atoms with Crippen molar-refractivity contribution in [3.63, 3.8) is 0 Å². The minimum Gasteiger partial charge on any atom is -0.355 e. The third kappa shape index (κ3) is 7.12. The van der Waals surface area contributed by atoms with Crippen molar-refractivity contribution in [1.82, 2.24) is 15.5 Å². The van der Waals surface area contributed by atoms with Crippen LogP contribution in [-0.2, 0) is 17.6 Å². The zero-order valence-corrected chi connectivity index (χ0v) is 19.3. The molecule has 0 radical (unpaired) electrons. The number of carbonyl (C=O) groups excluding carboxylic acids is 2. The zero-order valence-electron chi connectivity index (χ0n) is 19.3. The fourth-order valence-electron chi connectivity index (χ4n) is 3.68. The summed E-state index contributed by atoms with van der Waals surface area (Å²) in [6, 6.07) is 11.6. The van der Waals surface area contributed by atoms with Crippen molar-refractivity contribution in [2.24, 2.45) is 5.92 Å². The van der Waals surface area contributed by atoms with Crippen molar-refractivity contribution in [2.45, 2.75) is 38.6 Å². The van der Waals surface area contributed by atoms with Gasteiger partial charge in [-0.15, -0.1) is 0 Å². The number of likely N-dealkylation sites (N-methyl/N-ethyl adjacent to an activating group) is 1. The molecule has 2 rings (SSSR count). The van der Waals surface area contributed by atoms with Gasteiger partial charge in [-0.25, -0.2) is 8.78 Å². The van der Waals surface area contributed by atoms with Crippen molar-refractivity contribution in [3.05, 3.63) is 70.8 Å². The molecular formula is C25H33F2N3O2. The number of amides is 2. The van der Waals surface area contributed by atoms with Gasteiger partial charge in [0, 0.05) is 25.6 Å². The molecule has 0 aromatic heterocycles. The fraction of sp³-hybridized carbons (Fsp3) is 0.440. The molecular weight excluding hydrogens is 412 g/mol. The van der Waals surface area contributed by atoms with Crippen LogP contribution in [0.3, 0.4) is 0 Å². The molecule has 0 heterocycles. The first-order valence-corrected chi connectivity index (χ1v) is 10.9. The Kier molecular flexibility index (Phi) is 9.78. The van der Waals surface area contributed by atoms with Crippen LogP contribution in [0, 0.1) is 17.6 Å². The van der Waals surface area contributed by atoms with Gasteiger partial charge in [0.15, 0.2) is 0 Å². The summed E-state index contributed by atoms with van der Waals surface area (Å²) in [5, 5.41) is 5.30. The average molecular weight is 446 g/mol. The lowest BCUT2D eigenvalue weighted by Gasteiger charge is -2.26. The Balaban J connectivity index is 2.07. The maximum atomic E-state index is 14.6. The van der Waals surface area contributed by atoms with Crippen molar-refractivity contribution < 1.29 is 18.4 Å². The van der Waals surface area contributed by atoms with Crippen LogP contribution in [0.5, 0.6) is 0 Å². The van der Waals surface area contributed by atoms with Crippen molar-refractivity contribution in [1.29, 1.82) is 0 Å². The molecule has 32 heavy (non-hydrogen) atoms. The number of halogens is 2. The molecule has 0 fully saturated rings. The number of hydrogen-bond donors (Lipinski definition) is 2. The second kappa shape index (κ2) is 12.3. The first kappa shape index (κ1) is 25.5. The summed E-state index contributed by atoms with van der Waals surface area (Å²) in [7, 11) is 5.02. The molecule has 0 saturated carbocycles. The summed E-state index contributed by atoms with van der Waals surface area (Å²) in [6.07, 6.45) is 2.52. The van der Waals surface area contributed by atoms with Gasteiger partial charge in [0.1, 0.15) is 11.6 Å². The molecule has 7 heteroatoms. The molecule has 2 N–H and O–H groups in total. The SMILES string of the molecule is CCCC(Cc1ccccc1)C(=O)NC[C@H](Cc1cc(F)c(C(=O)NC)cc1F)N(C)C. The number of rotatable bonds is 11. The van der Waals surface area contributed by atoms with Crippen LogP contribution >= 0.6 is 0 Å². The maximum Gasteiger partial charge on any atom is 0.254 e. The van der Waals surface area contributed by atoms with E-state index in [2.05, 4.69) is 10.6 Å². The summed E-state index contributed by atoms with van der Waals surface area (Å²) in [4.78, 5) is 26.4. The van der Waals surface area contributed by atoms with Crippen molar-refractivity contribution in [3.8, 4) is 0 Å².